The third-order valence-electron chi connectivity index (χ3n) is 5.11. The van der Waals surface area contributed by atoms with Crippen LogP contribution < -0.4 is 5.32 Å². The largest absolute Gasteiger partial charge is 0.480 e. The van der Waals surface area contributed by atoms with Crippen LogP contribution in [0, 0.1) is 0 Å². The highest BCUT2D eigenvalue weighted by Gasteiger charge is 2.04. The zero-order valence-electron chi connectivity index (χ0n) is 18.4. The minimum Gasteiger partial charge on any atom is -0.480 e. The number of nitrogens with one attached hydrogen (secondary N) is 1. The molecule has 0 aliphatic heterocycles. The molecule has 168 valence electrons. The molecule has 0 aliphatic carbocycles. The van der Waals surface area contributed by atoms with E-state index in [9.17, 15) is 9.90 Å². The van der Waals surface area contributed by atoms with Crippen molar-refractivity contribution in [2.24, 2.45) is 0 Å². The molecule has 28 heavy (non-hydrogen) atoms. The Balaban J connectivity index is 3.09. The van der Waals surface area contributed by atoms with Crippen LogP contribution in [0.5, 0.6) is 0 Å². The van der Waals surface area contributed by atoms with E-state index >= 15 is 0 Å². The second kappa shape index (κ2) is 22.6. The summed E-state index contributed by atoms with van der Waals surface area (Å²) in [5, 5.41) is 20.8. The van der Waals surface area contributed by atoms with E-state index in [0.29, 0.717) is 6.61 Å². The molecule has 3 N–H and O–H groups in total. The Morgan fingerprint density at radius 3 is 1.64 bits per heavy atom. The van der Waals surface area contributed by atoms with Gasteiger partial charge in [-0.05, 0) is 6.42 Å². The molecular formula is C23H47NO4. The van der Waals surface area contributed by atoms with Gasteiger partial charge in [-0.2, -0.15) is 0 Å². The number of hydrogen-bond acceptors (Lipinski definition) is 4. The lowest BCUT2D eigenvalue weighted by atomic mass is 10.0. The van der Waals surface area contributed by atoms with Crippen molar-refractivity contribution in [2.75, 3.05) is 26.3 Å². The van der Waals surface area contributed by atoms with Gasteiger partial charge in [-0.15, -0.1) is 0 Å². The maximum atomic E-state index is 10.3. The van der Waals surface area contributed by atoms with Crippen molar-refractivity contribution in [1.29, 1.82) is 0 Å². The Labute approximate surface area is 173 Å². The third kappa shape index (κ3) is 23.4. The number of carbonyl (C=O) groups is 1. The maximum Gasteiger partial charge on any atom is 0.317 e. The van der Waals surface area contributed by atoms with Crippen molar-refractivity contribution in [3.8, 4) is 0 Å². The van der Waals surface area contributed by atoms with Crippen LogP contribution in [0.25, 0.3) is 0 Å². The topological polar surface area (TPSA) is 78.8 Å². The van der Waals surface area contributed by atoms with Gasteiger partial charge in [0.2, 0.25) is 0 Å². The first-order valence-electron chi connectivity index (χ1n) is 11.8. The summed E-state index contributed by atoms with van der Waals surface area (Å²) < 4.78 is 5.43. The Bertz CT molecular complexity index is 326. The normalized spacial score (nSPS) is 12.4. The zero-order valence-corrected chi connectivity index (χ0v) is 18.4. The average molecular weight is 402 g/mol. The lowest BCUT2D eigenvalue weighted by molar-refractivity contribution is -0.136. The van der Waals surface area contributed by atoms with Crippen molar-refractivity contribution < 1.29 is 19.7 Å². The highest BCUT2D eigenvalue weighted by atomic mass is 16.5. The molecule has 0 saturated heterocycles. The fraction of sp³-hybridized carbons (Fsp3) is 0.957. The fourth-order valence-corrected chi connectivity index (χ4v) is 3.38. The quantitative estimate of drug-likeness (QED) is 0.202. The van der Waals surface area contributed by atoms with Crippen molar-refractivity contribution in [3.63, 3.8) is 0 Å². The van der Waals surface area contributed by atoms with Crippen LogP contribution in [-0.2, 0) is 9.53 Å². The van der Waals surface area contributed by atoms with Crippen LogP contribution in [0.4, 0.5) is 0 Å². The SMILES string of the molecule is CCCCCCCCCCCCCCCCCCOCC(O)CNCC(=O)O. The highest BCUT2D eigenvalue weighted by molar-refractivity contribution is 5.68. The predicted octanol–water partition coefficient (Wildman–Crippen LogP) is 5.30. The first-order chi connectivity index (χ1) is 13.7. The molecule has 0 fully saturated rings. The van der Waals surface area contributed by atoms with Crippen LogP contribution in [0.2, 0.25) is 0 Å². The van der Waals surface area contributed by atoms with Crippen LogP contribution in [-0.4, -0.2) is 48.6 Å². The smallest absolute Gasteiger partial charge is 0.317 e. The molecule has 0 bridgehead atoms. The summed E-state index contributed by atoms with van der Waals surface area (Å²) in [7, 11) is 0. The van der Waals surface area contributed by atoms with Crippen LogP contribution in [0.1, 0.15) is 110 Å². The number of ether oxygens (including phenoxy) is 1. The Morgan fingerprint density at radius 2 is 1.21 bits per heavy atom. The number of hydrogen-bond donors (Lipinski definition) is 3. The predicted molar refractivity (Wildman–Crippen MR) is 117 cm³/mol. The lowest BCUT2D eigenvalue weighted by Gasteiger charge is -2.11. The summed E-state index contributed by atoms with van der Waals surface area (Å²) >= 11 is 0. The van der Waals surface area contributed by atoms with Crippen LogP contribution >= 0.6 is 0 Å². The molecule has 0 saturated carbocycles. The van der Waals surface area contributed by atoms with E-state index in [0.717, 1.165) is 6.42 Å². The molecule has 0 amide bonds. The molecule has 1 atom stereocenters. The van der Waals surface area contributed by atoms with Gasteiger partial charge in [0.15, 0.2) is 0 Å². The molecule has 0 spiro atoms. The standard InChI is InChI=1S/C23H47NO4/c1-2-3-4-5-6-7-8-9-10-11-12-13-14-15-16-17-18-28-21-22(25)19-24-20-23(26)27/h22,24-25H,2-21H2,1H3,(H,26,27). The number of carboxylic acid groups (broad SMARTS) is 1. The summed E-state index contributed by atoms with van der Waals surface area (Å²) in [6.45, 7) is 3.34. The molecule has 0 radical (unpaired) electrons. The van der Waals surface area contributed by atoms with Gasteiger partial charge in [0, 0.05) is 13.2 Å². The summed E-state index contributed by atoms with van der Waals surface area (Å²) in [6, 6.07) is 0. The Kier molecular flexibility index (Phi) is 22.1. The van der Waals surface area contributed by atoms with Crippen molar-refractivity contribution in [3.05, 3.63) is 0 Å². The molecule has 1 unspecified atom stereocenters. The second-order valence-corrected chi connectivity index (χ2v) is 8.06. The lowest BCUT2D eigenvalue weighted by Crippen LogP contribution is -2.33. The minimum absolute atomic E-state index is 0.129. The molecule has 0 aromatic heterocycles. The van der Waals surface area contributed by atoms with E-state index in [4.69, 9.17) is 9.84 Å². The van der Waals surface area contributed by atoms with E-state index in [1.165, 1.54) is 96.3 Å². The number of rotatable bonds is 23. The number of unbranched alkanes of at least 4 members (excludes halogenated alkanes) is 15. The van der Waals surface area contributed by atoms with Gasteiger partial charge < -0.3 is 20.3 Å². The summed E-state index contributed by atoms with van der Waals surface area (Å²) in [4.78, 5) is 10.3. The van der Waals surface area contributed by atoms with Gasteiger partial charge in [0.05, 0.1) is 19.3 Å². The number of carboxylic acids is 1. The summed E-state index contributed by atoms with van der Waals surface area (Å²) in [5.74, 6) is -0.915. The first kappa shape index (κ1) is 27.4. The Morgan fingerprint density at radius 1 is 0.786 bits per heavy atom. The van der Waals surface area contributed by atoms with E-state index in [1.807, 2.05) is 0 Å². The fourth-order valence-electron chi connectivity index (χ4n) is 3.38. The van der Waals surface area contributed by atoms with Crippen molar-refractivity contribution in [2.45, 2.75) is 116 Å². The second-order valence-electron chi connectivity index (χ2n) is 8.06. The van der Waals surface area contributed by atoms with Crippen molar-refractivity contribution in [1.82, 2.24) is 5.32 Å². The molecule has 5 nitrogen and oxygen atoms in total. The molecule has 0 aliphatic rings. The van der Waals surface area contributed by atoms with E-state index in [-0.39, 0.29) is 19.7 Å². The van der Waals surface area contributed by atoms with Gasteiger partial charge >= 0.3 is 5.97 Å². The molecule has 5 heteroatoms. The first-order valence-corrected chi connectivity index (χ1v) is 11.8. The average Bonchev–Trinajstić information content (AvgIpc) is 2.66. The summed E-state index contributed by atoms with van der Waals surface area (Å²) in [6.07, 6.45) is 21.0. The van der Waals surface area contributed by atoms with Crippen LogP contribution in [0.15, 0.2) is 0 Å². The minimum atomic E-state index is -0.915. The van der Waals surface area contributed by atoms with Gasteiger partial charge in [-0.25, -0.2) is 0 Å². The number of aliphatic hydroxyl groups excluding tert-OH is 1. The van der Waals surface area contributed by atoms with Gasteiger partial charge in [0.1, 0.15) is 0 Å². The van der Waals surface area contributed by atoms with E-state index in [1.54, 1.807) is 0 Å². The van der Waals surface area contributed by atoms with Gasteiger partial charge in [-0.3, -0.25) is 4.79 Å². The Hall–Kier alpha value is -0.650. The van der Waals surface area contributed by atoms with Gasteiger partial charge in [-0.1, -0.05) is 103 Å². The number of aliphatic carboxylic acids is 1. The summed E-state index contributed by atoms with van der Waals surface area (Å²) in [5.41, 5.74) is 0. The maximum absolute atomic E-state index is 10.3. The molecule has 0 rings (SSSR count). The molecule has 0 aromatic rings. The molecule has 0 heterocycles. The molecular weight excluding hydrogens is 354 g/mol. The highest BCUT2D eigenvalue weighted by Crippen LogP contribution is 2.13. The third-order valence-corrected chi connectivity index (χ3v) is 5.11. The van der Waals surface area contributed by atoms with Crippen molar-refractivity contribution >= 4 is 5.97 Å². The van der Waals surface area contributed by atoms with E-state index < -0.39 is 12.1 Å². The zero-order chi connectivity index (χ0) is 20.7. The molecule has 0 aromatic carbocycles. The van der Waals surface area contributed by atoms with Crippen LogP contribution in [0.3, 0.4) is 0 Å². The number of aliphatic hydroxyl groups is 1. The van der Waals surface area contributed by atoms with Gasteiger partial charge in [0.25, 0.3) is 0 Å². The van der Waals surface area contributed by atoms with E-state index in [2.05, 4.69) is 12.2 Å². The monoisotopic (exact) mass is 401 g/mol.